The van der Waals surface area contributed by atoms with Gasteiger partial charge in [0, 0.05) is 5.92 Å². The number of hydrogen-bond donors (Lipinski definition) is 0. The number of esters is 5. The average Bonchev–Trinajstić information content (AvgIpc) is 3.75. The molecule has 5 aliphatic rings. The third kappa shape index (κ3) is 11.5. The SMILES string of the molecule is C[C@H](CCC(C(=O)OC(C)(C)C)C(=O)OC(C)(C)C)C1CCC2C3CCC4C[C@H](OC(=O)[C@@H](CC(=O)OCC5c6ccccc6-c6ccccc65)CC(=O)OC(C)(C)C)CC[C@]4(C)C3CC[C@@]21C. The summed E-state index contributed by atoms with van der Waals surface area (Å²) >= 11 is 0. The summed E-state index contributed by atoms with van der Waals surface area (Å²) in [7, 11) is 0. The third-order valence-electron chi connectivity index (χ3n) is 16.9. The normalized spacial score (nSPS) is 28.7. The van der Waals surface area contributed by atoms with Crippen molar-refractivity contribution in [3.63, 3.8) is 0 Å². The minimum Gasteiger partial charge on any atom is -0.465 e. The van der Waals surface area contributed by atoms with Gasteiger partial charge in [-0.1, -0.05) is 69.3 Å². The maximum Gasteiger partial charge on any atom is 0.320 e. The van der Waals surface area contributed by atoms with E-state index in [2.05, 4.69) is 45.0 Å². The Morgan fingerprint density at radius 3 is 1.75 bits per heavy atom. The Bertz CT molecular complexity index is 2100. The highest BCUT2D eigenvalue weighted by Crippen LogP contribution is 2.68. The zero-order chi connectivity index (χ0) is 49.6. The van der Waals surface area contributed by atoms with Crippen molar-refractivity contribution in [3.8, 4) is 11.1 Å². The summed E-state index contributed by atoms with van der Waals surface area (Å²) in [5, 5.41) is 0. The third-order valence-corrected chi connectivity index (χ3v) is 16.9. The summed E-state index contributed by atoms with van der Waals surface area (Å²) in [6.45, 7) is 23.8. The van der Waals surface area contributed by atoms with E-state index >= 15 is 0 Å². The first kappa shape index (κ1) is 51.6. The van der Waals surface area contributed by atoms with Crippen LogP contribution in [0.15, 0.2) is 48.5 Å². The van der Waals surface area contributed by atoms with Crippen LogP contribution in [0.1, 0.15) is 184 Å². The van der Waals surface area contributed by atoms with Crippen LogP contribution in [0.25, 0.3) is 11.1 Å². The van der Waals surface area contributed by atoms with Gasteiger partial charge in [0.15, 0.2) is 5.92 Å². The summed E-state index contributed by atoms with van der Waals surface area (Å²) in [5.41, 5.74) is 2.67. The molecule has 5 unspecified atom stereocenters. The van der Waals surface area contributed by atoms with Crippen LogP contribution in [0.2, 0.25) is 0 Å². The summed E-state index contributed by atoms with van der Waals surface area (Å²) in [4.78, 5) is 67.7. The van der Waals surface area contributed by atoms with Crippen LogP contribution >= 0.6 is 0 Å². The molecule has 2 aromatic carbocycles. The van der Waals surface area contributed by atoms with E-state index in [-0.39, 0.29) is 42.3 Å². The molecule has 0 amide bonds. The van der Waals surface area contributed by atoms with Crippen molar-refractivity contribution in [1.82, 2.24) is 0 Å². The van der Waals surface area contributed by atoms with Crippen molar-refractivity contribution < 1.29 is 47.7 Å². The molecule has 0 N–H and O–H groups in total. The molecule has 2 aromatic rings. The van der Waals surface area contributed by atoms with E-state index in [9.17, 15) is 24.0 Å². The number of carbonyl (C=O) groups excluding carboxylic acids is 5. The lowest BCUT2D eigenvalue weighted by molar-refractivity contribution is -0.175. The molecule has 10 nitrogen and oxygen atoms in total. The first-order valence-corrected chi connectivity index (χ1v) is 26.0. The van der Waals surface area contributed by atoms with Crippen molar-refractivity contribution in [1.29, 1.82) is 0 Å². The molecule has 10 heteroatoms. The van der Waals surface area contributed by atoms with Crippen LogP contribution in [-0.4, -0.2) is 59.4 Å². The lowest BCUT2D eigenvalue weighted by atomic mass is 9.44. The van der Waals surface area contributed by atoms with Crippen LogP contribution in [0, 0.1) is 58.2 Å². The highest BCUT2D eigenvalue weighted by atomic mass is 16.6. The van der Waals surface area contributed by atoms with Gasteiger partial charge in [-0.2, -0.15) is 0 Å². The van der Waals surface area contributed by atoms with Gasteiger partial charge in [-0.05, 0) is 202 Å². The molecule has 0 saturated heterocycles. The fourth-order valence-corrected chi connectivity index (χ4v) is 14.0. The van der Waals surface area contributed by atoms with E-state index in [0.29, 0.717) is 41.9 Å². The van der Waals surface area contributed by atoms with E-state index < -0.39 is 58.5 Å². The van der Waals surface area contributed by atoms with Crippen LogP contribution in [0.5, 0.6) is 0 Å². The van der Waals surface area contributed by atoms with Crippen molar-refractivity contribution in [3.05, 3.63) is 59.7 Å². The minimum atomic E-state index is -1.02. The van der Waals surface area contributed by atoms with Gasteiger partial charge in [0.05, 0.1) is 18.8 Å². The van der Waals surface area contributed by atoms with Crippen molar-refractivity contribution in [2.24, 2.45) is 58.2 Å². The smallest absolute Gasteiger partial charge is 0.320 e. The summed E-state index contributed by atoms with van der Waals surface area (Å²) in [5.74, 6) is -1.56. The predicted octanol–water partition coefficient (Wildman–Crippen LogP) is 12.4. The van der Waals surface area contributed by atoms with Gasteiger partial charge in [0.25, 0.3) is 0 Å². The largest absolute Gasteiger partial charge is 0.465 e. The summed E-state index contributed by atoms with van der Waals surface area (Å²) < 4.78 is 29.3. The first-order chi connectivity index (χ1) is 31.8. The number of ether oxygens (including phenoxy) is 5. The number of hydrogen-bond acceptors (Lipinski definition) is 10. The van der Waals surface area contributed by atoms with Crippen LogP contribution in [0.4, 0.5) is 0 Å². The topological polar surface area (TPSA) is 132 Å². The van der Waals surface area contributed by atoms with Gasteiger partial charge in [-0.3, -0.25) is 24.0 Å². The van der Waals surface area contributed by atoms with Crippen molar-refractivity contribution >= 4 is 29.8 Å². The number of rotatable bonds is 14. The molecule has 0 spiro atoms. The van der Waals surface area contributed by atoms with Crippen LogP contribution in [-0.2, 0) is 47.7 Å². The Kier molecular flexibility index (Phi) is 15.1. The molecule has 68 heavy (non-hydrogen) atoms. The zero-order valence-electron chi connectivity index (χ0n) is 43.4. The van der Waals surface area contributed by atoms with Gasteiger partial charge in [-0.25, -0.2) is 0 Å². The van der Waals surface area contributed by atoms with Crippen molar-refractivity contribution in [2.75, 3.05) is 6.61 Å². The maximum atomic E-state index is 14.1. The van der Waals surface area contributed by atoms with Gasteiger partial charge in [-0.15, -0.1) is 0 Å². The van der Waals surface area contributed by atoms with E-state index in [1.165, 1.54) is 19.3 Å². The Balaban J connectivity index is 0.962. The van der Waals surface area contributed by atoms with Gasteiger partial charge < -0.3 is 23.7 Å². The predicted molar refractivity (Wildman–Crippen MR) is 262 cm³/mol. The second kappa shape index (κ2) is 19.9. The molecule has 0 aliphatic heterocycles. The zero-order valence-corrected chi connectivity index (χ0v) is 43.4. The minimum absolute atomic E-state index is 0.117. The Morgan fingerprint density at radius 1 is 0.618 bits per heavy atom. The highest BCUT2D eigenvalue weighted by molar-refractivity contribution is 5.95. The monoisotopic (exact) mass is 939 g/mol. The highest BCUT2D eigenvalue weighted by Gasteiger charge is 2.61. The average molecular weight is 939 g/mol. The van der Waals surface area contributed by atoms with Crippen LogP contribution < -0.4 is 0 Å². The molecule has 7 rings (SSSR count). The Morgan fingerprint density at radius 2 is 1.16 bits per heavy atom. The molecular formula is C58H82O10. The molecule has 0 radical (unpaired) electrons. The Hall–Kier alpha value is -4.21. The van der Waals surface area contributed by atoms with E-state index in [0.717, 1.165) is 67.2 Å². The van der Waals surface area contributed by atoms with Gasteiger partial charge in [0.2, 0.25) is 0 Å². The molecule has 0 heterocycles. The first-order valence-electron chi connectivity index (χ1n) is 26.0. The second-order valence-corrected chi connectivity index (χ2v) is 25.0. The standard InChI is InChI=1S/C58H82O10/c1-35(21-23-44(52(62)67-55(5,6)7)53(63)68-56(8,9)10)46-25-26-47-43-24-22-37-33-38(27-29-57(37,11)48(43)28-30-58(46,47)12)65-51(61)36(32-50(60)66-54(2,3)4)31-49(59)64-34-45-41-19-15-13-17-39(41)40-18-14-16-20-42(40)45/h13-20,35-38,43-48H,21-34H2,1-12H3/t35-,36+,37?,38-,43?,46?,47?,48?,57+,58-/m1/s1. The van der Waals surface area contributed by atoms with E-state index in [4.69, 9.17) is 23.7 Å². The molecular weight excluding hydrogens is 857 g/mol. The van der Waals surface area contributed by atoms with Crippen molar-refractivity contribution in [2.45, 2.75) is 195 Å². The molecule has 0 bridgehead atoms. The molecule has 0 aromatic heterocycles. The van der Waals surface area contributed by atoms with Gasteiger partial charge >= 0.3 is 29.8 Å². The van der Waals surface area contributed by atoms with E-state index in [1.807, 2.05) is 65.8 Å². The maximum absolute atomic E-state index is 14.1. The van der Waals surface area contributed by atoms with Crippen LogP contribution in [0.3, 0.4) is 0 Å². The number of fused-ring (bicyclic) bond motifs is 8. The van der Waals surface area contributed by atoms with E-state index in [1.54, 1.807) is 20.8 Å². The molecule has 10 atom stereocenters. The fourth-order valence-electron chi connectivity index (χ4n) is 14.0. The number of benzene rings is 2. The lowest BCUT2D eigenvalue weighted by Crippen LogP contribution is -2.54. The molecule has 5 aliphatic carbocycles. The molecule has 374 valence electrons. The second-order valence-electron chi connectivity index (χ2n) is 25.0. The van der Waals surface area contributed by atoms with Gasteiger partial charge in [0.1, 0.15) is 29.5 Å². The fraction of sp³-hybridized carbons (Fsp3) is 0.707. The lowest BCUT2D eigenvalue weighted by Gasteiger charge is -2.61. The summed E-state index contributed by atoms with van der Waals surface area (Å²) in [6.07, 6.45) is 9.84. The Labute approximate surface area is 407 Å². The quantitative estimate of drug-likeness (QED) is 0.102. The molecule has 4 fully saturated rings. The molecule has 4 saturated carbocycles. The summed E-state index contributed by atoms with van der Waals surface area (Å²) in [6, 6.07) is 16.3. The number of carbonyl (C=O) groups is 5.